The molecule has 2 aromatic carbocycles. The predicted octanol–water partition coefficient (Wildman–Crippen LogP) is 3.78. The number of piperidine rings is 1. The van der Waals surface area contributed by atoms with E-state index in [9.17, 15) is 13.2 Å². The average Bonchev–Trinajstić information content (AvgIpc) is 2.80. The lowest BCUT2D eigenvalue weighted by atomic mass is 9.96. The molecule has 32 heavy (non-hydrogen) atoms. The highest BCUT2D eigenvalue weighted by molar-refractivity contribution is 7.88. The zero-order valence-electron chi connectivity index (χ0n) is 18.5. The van der Waals surface area contributed by atoms with Crippen molar-refractivity contribution in [3.8, 4) is 11.5 Å². The highest BCUT2D eigenvalue weighted by Gasteiger charge is 2.31. The van der Waals surface area contributed by atoms with Gasteiger partial charge in [-0.3, -0.25) is 4.79 Å². The molecular weight excluding hydrogens is 452 g/mol. The van der Waals surface area contributed by atoms with Crippen LogP contribution in [0.25, 0.3) is 0 Å². The molecule has 1 fully saturated rings. The van der Waals surface area contributed by atoms with Crippen molar-refractivity contribution in [3.05, 3.63) is 58.6 Å². The van der Waals surface area contributed by atoms with Crippen molar-refractivity contribution >= 4 is 27.5 Å². The molecule has 2 aromatic rings. The number of methoxy groups -OCH3 is 2. The molecule has 1 N–H and O–H groups in total. The first-order valence-electron chi connectivity index (χ1n) is 10.5. The number of rotatable bonds is 8. The number of sulfonamides is 1. The van der Waals surface area contributed by atoms with Crippen LogP contribution in [0, 0.1) is 5.92 Å². The molecule has 0 bridgehead atoms. The van der Waals surface area contributed by atoms with Crippen molar-refractivity contribution in [1.82, 2.24) is 9.62 Å². The molecule has 3 rings (SSSR count). The number of hydrogen-bond acceptors (Lipinski definition) is 5. The molecule has 174 valence electrons. The zero-order chi connectivity index (χ0) is 23.3. The van der Waals surface area contributed by atoms with Crippen LogP contribution < -0.4 is 14.8 Å². The summed E-state index contributed by atoms with van der Waals surface area (Å²) in [6.45, 7) is 2.57. The van der Waals surface area contributed by atoms with Gasteiger partial charge in [0.15, 0.2) is 11.5 Å². The van der Waals surface area contributed by atoms with E-state index in [2.05, 4.69) is 5.32 Å². The molecule has 1 heterocycles. The number of halogens is 1. The number of amides is 1. The largest absolute Gasteiger partial charge is 0.493 e. The quantitative estimate of drug-likeness (QED) is 0.621. The van der Waals surface area contributed by atoms with Gasteiger partial charge in [-0.25, -0.2) is 12.7 Å². The fraction of sp³-hybridized carbons (Fsp3) is 0.435. The van der Waals surface area contributed by atoms with Crippen molar-refractivity contribution in [2.45, 2.75) is 31.6 Å². The van der Waals surface area contributed by atoms with Gasteiger partial charge in [0.2, 0.25) is 15.9 Å². The van der Waals surface area contributed by atoms with Gasteiger partial charge in [0.1, 0.15) is 0 Å². The van der Waals surface area contributed by atoms with Gasteiger partial charge in [-0.05, 0) is 55.2 Å². The summed E-state index contributed by atoms with van der Waals surface area (Å²) in [6.07, 6.45) is 0.981. The van der Waals surface area contributed by atoms with E-state index in [0.717, 1.165) is 5.56 Å². The second-order valence-corrected chi connectivity index (χ2v) is 10.3. The molecular formula is C23H29ClN2O5S. The summed E-state index contributed by atoms with van der Waals surface area (Å²) in [4.78, 5) is 12.8. The third-order valence-electron chi connectivity index (χ3n) is 5.75. The minimum Gasteiger partial charge on any atom is -0.493 e. The monoisotopic (exact) mass is 480 g/mol. The molecule has 0 saturated carbocycles. The normalized spacial score (nSPS) is 16.4. The van der Waals surface area contributed by atoms with Gasteiger partial charge >= 0.3 is 0 Å². The predicted molar refractivity (Wildman–Crippen MR) is 124 cm³/mol. The number of nitrogens with one attached hydrogen (secondary N) is 1. The second kappa shape index (κ2) is 10.6. The van der Waals surface area contributed by atoms with Crippen LogP contribution in [-0.4, -0.2) is 45.9 Å². The van der Waals surface area contributed by atoms with Crippen LogP contribution in [-0.2, 0) is 20.6 Å². The maximum Gasteiger partial charge on any atom is 0.223 e. The highest BCUT2D eigenvalue weighted by atomic mass is 35.5. The van der Waals surface area contributed by atoms with Crippen LogP contribution in [0.3, 0.4) is 0 Å². The molecule has 1 amide bonds. The molecule has 9 heteroatoms. The van der Waals surface area contributed by atoms with Crippen molar-refractivity contribution < 1.29 is 22.7 Å². The number of carbonyl (C=O) groups excluding carboxylic acids is 1. The van der Waals surface area contributed by atoms with E-state index in [4.69, 9.17) is 21.1 Å². The summed E-state index contributed by atoms with van der Waals surface area (Å²) in [5, 5.41) is 3.61. The van der Waals surface area contributed by atoms with Crippen molar-refractivity contribution in [3.63, 3.8) is 0 Å². The van der Waals surface area contributed by atoms with Crippen LogP contribution in [0.5, 0.6) is 11.5 Å². The van der Waals surface area contributed by atoms with E-state index in [1.807, 2.05) is 19.1 Å². The summed E-state index contributed by atoms with van der Waals surface area (Å²) < 4.78 is 37.6. The number of carbonyl (C=O) groups is 1. The van der Waals surface area contributed by atoms with Gasteiger partial charge in [-0.15, -0.1) is 0 Å². The van der Waals surface area contributed by atoms with Crippen LogP contribution in [0.4, 0.5) is 0 Å². The topological polar surface area (TPSA) is 84.9 Å². The Morgan fingerprint density at radius 1 is 1.09 bits per heavy atom. The Morgan fingerprint density at radius 2 is 1.72 bits per heavy atom. The summed E-state index contributed by atoms with van der Waals surface area (Å²) in [7, 11) is -0.303. The van der Waals surface area contributed by atoms with Gasteiger partial charge in [0.25, 0.3) is 0 Å². The summed E-state index contributed by atoms with van der Waals surface area (Å²) >= 11 is 5.87. The Hall–Kier alpha value is -2.29. The first-order valence-corrected chi connectivity index (χ1v) is 12.5. The molecule has 0 aromatic heterocycles. The van der Waals surface area contributed by atoms with Crippen molar-refractivity contribution in [1.29, 1.82) is 0 Å². The molecule has 1 unspecified atom stereocenters. The lowest BCUT2D eigenvalue weighted by Crippen LogP contribution is -2.43. The van der Waals surface area contributed by atoms with E-state index in [1.165, 1.54) is 4.31 Å². The third kappa shape index (κ3) is 5.94. The molecule has 1 aliphatic heterocycles. The first-order chi connectivity index (χ1) is 15.2. The summed E-state index contributed by atoms with van der Waals surface area (Å²) in [5.74, 6) is 0.867. The van der Waals surface area contributed by atoms with Gasteiger partial charge in [-0.2, -0.15) is 0 Å². The summed E-state index contributed by atoms with van der Waals surface area (Å²) in [6, 6.07) is 12.1. The van der Waals surface area contributed by atoms with Crippen LogP contribution >= 0.6 is 11.6 Å². The fourth-order valence-corrected chi connectivity index (χ4v) is 5.50. The minimum absolute atomic E-state index is 0.0676. The highest BCUT2D eigenvalue weighted by Crippen LogP contribution is 2.30. The Balaban J connectivity index is 1.55. The molecule has 1 atom stereocenters. The standard InChI is InChI=1S/C23H29ClN2O5S/c1-16(19-6-9-21(30-2)22(14-19)31-3)25-23(27)18-10-12-26(13-11-18)32(28,29)15-17-4-7-20(24)8-5-17/h4-9,14,16,18H,10-13,15H2,1-3H3,(H,25,27). The third-order valence-corrected chi connectivity index (χ3v) is 7.85. The van der Waals surface area contributed by atoms with E-state index < -0.39 is 10.0 Å². The summed E-state index contributed by atoms with van der Waals surface area (Å²) in [5.41, 5.74) is 1.59. The Bertz CT molecular complexity index is 1030. The molecule has 1 aliphatic rings. The molecule has 0 radical (unpaired) electrons. The van der Waals surface area contributed by atoms with Crippen molar-refractivity contribution in [2.24, 2.45) is 5.92 Å². The SMILES string of the molecule is COc1ccc(C(C)NC(=O)C2CCN(S(=O)(=O)Cc3ccc(Cl)cc3)CC2)cc1OC. The zero-order valence-corrected chi connectivity index (χ0v) is 20.1. The van der Waals surface area contributed by atoms with E-state index in [1.54, 1.807) is 44.6 Å². The van der Waals surface area contributed by atoms with Crippen LogP contribution in [0.1, 0.15) is 36.9 Å². The van der Waals surface area contributed by atoms with Gasteiger partial charge in [-0.1, -0.05) is 29.8 Å². The lowest BCUT2D eigenvalue weighted by Gasteiger charge is -2.31. The van der Waals surface area contributed by atoms with E-state index in [0.29, 0.717) is 48.0 Å². The lowest BCUT2D eigenvalue weighted by molar-refractivity contribution is -0.126. The fourth-order valence-electron chi connectivity index (χ4n) is 3.82. The van der Waals surface area contributed by atoms with Gasteiger partial charge in [0, 0.05) is 24.0 Å². The number of nitrogens with zero attached hydrogens (tertiary/aromatic N) is 1. The van der Waals surface area contributed by atoms with Crippen LogP contribution in [0.2, 0.25) is 5.02 Å². The maximum atomic E-state index is 12.8. The van der Waals surface area contributed by atoms with Crippen molar-refractivity contribution in [2.75, 3.05) is 27.3 Å². The number of ether oxygens (including phenoxy) is 2. The Morgan fingerprint density at radius 3 is 2.31 bits per heavy atom. The number of benzene rings is 2. The molecule has 0 spiro atoms. The molecule has 0 aliphatic carbocycles. The molecule has 1 saturated heterocycles. The molecule has 7 nitrogen and oxygen atoms in total. The first kappa shape index (κ1) is 24.4. The average molecular weight is 481 g/mol. The number of hydrogen-bond donors (Lipinski definition) is 1. The van der Waals surface area contributed by atoms with Gasteiger partial charge in [0.05, 0.1) is 26.0 Å². The smallest absolute Gasteiger partial charge is 0.223 e. The van der Waals surface area contributed by atoms with E-state index >= 15 is 0 Å². The maximum absolute atomic E-state index is 12.8. The second-order valence-electron chi connectivity index (χ2n) is 7.90. The Labute approximate surface area is 194 Å². The van der Waals surface area contributed by atoms with Crippen LogP contribution in [0.15, 0.2) is 42.5 Å². The minimum atomic E-state index is -3.45. The van der Waals surface area contributed by atoms with E-state index in [-0.39, 0.29) is 23.6 Å². The Kier molecular flexibility index (Phi) is 8.03. The van der Waals surface area contributed by atoms with Gasteiger partial charge < -0.3 is 14.8 Å².